The number of anilines is 1. The summed E-state index contributed by atoms with van der Waals surface area (Å²) in [5.74, 6) is 0.910. The van der Waals surface area contributed by atoms with Crippen molar-refractivity contribution in [2.24, 2.45) is 0 Å². The van der Waals surface area contributed by atoms with Crippen molar-refractivity contribution in [2.75, 3.05) is 5.32 Å². The Morgan fingerprint density at radius 2 is 2.05 bits per heavy atom. The summed E-state index contributed by atoms with van der Waals surface area (Å²) in [6.07, 6.45) is 11.1. The second kappa shape index (κ2) is 4.31. The molecule has 0 bridgehead atoms. The van der Waals surface area contributed by atoms with Crippen LogP contribution >= 0.6 is 0 Å². The minimum atomic E-state index is 0.775. The Balaban J connectivity index is 1.84. The molecule has 1 N–H and O–H groups in total. The number of rotatable bonds is 1. The van der Waals surface area contributed by atoms with Crippen LogP contribution in [-0.2, 0) is 0 Å². The average Bonchev–Trinajstić information content (AvgIpc) is 2.80. The van der Waals surface area contributed by atoms with Gasteiger partial charge in [-0.1, -0.05) is 30.4 Å². The summed E-state index contributed by atoms with van der Waals surface area (Å²) in [7, 11) is 0. The van der Waals surface area contributed by atoms with Gasteiger partial charge in [-0.05, 0) is 17.7 Å². The van der Waals surface area contributed by atoms with Crippen molar-refractivity contribution in [1.82, 2.24) is 19.5 Å². The van der Waals surface area contributed by atoms with Gasteiger partial charge in [-0.2, -0.15) is 0 Å². The van der Waals surface area contributed by atoms with Crippen LogP contribution in [0.15, 0.2) is 55.3 Å². The number of hydrogen-bond donors (Lipinski definition) is 1. The van der Waals surface area contributed by atoms with Crippen molar-refractivity contribution < 1.29 is 0 Å². The number of allylic oxidation sites excluding steroid dienone is 2. The first-order chi connectivity index (χ1) is 9.92. The lowest BCUT2D eigenvalue weighted by atomic mass is 10.2. The lowest BCUT2D eigenvalue weighted by Crippen LogP contribution is -2.06. The molecule has 0 spiro atoms. The lowest BCUT2D eigenvalue weighted by Gasteiger charge is -2.12. The smallest absolute Gasteiger partial charge is 0.168 e. The van der Waals surface area contributed by atoms with Crippen LogP contribution in [0.2, 0.25) is 0 Å². The van der Waals surface area contributed by atoms with Crippen LogP contribution in [0.3, 0.4) is 0 Å². The second-order valence-corrected chi connectivity index (χ2v) is 4.47. The molecule has 0 fully saturated rings. The van der Waals surface area contributed by atoms with Gasteiger partial charge in [0.1, 0.15) is 24.0 Å². The highest BCUT2D eigenvalue weighted by Gasteiger charge is 2.10. The summed E-state index contributed by atoms with van der Waals surface area (Å²) >= 11 is 0. The van der Waals surface area contributed by atoms with E-state index in [0.717, 1.165) is 28.2 Å². The molecule has 0 aliphatic carbocycles. The Kier molecular flexibility index (Phi) is 2.35. The van der Waals surface area contributed by atoms with Crippen molar-refractivity contribution >= 4 is 28.7 Å². The number of para-hydroxylation sites is 1. The molecule has 5 heteroatoms. The molecule has 0 radical (unpaired) electrons. The standard InChI is InChI=1S/C15H11N5/c1-2-6-12-11(4-1)5-3-7-14(19-12)20-10-18-13-8-16-9-17-15(13)20/h1-10,19H. The maximum Gasteiger partial charge on any atom is 0.168 e. The third-order valence-electron chi connectivity index (χ3n) is 3.23. The van der Waals surface area contributed by atoms with Gasteiger partial charge in [0.15, 0.2) is 5.65 Å². The topological polar surface area (TPSA) is 55.6 Å². The van der Waals surface area contributed by atoms with Crippen molar-refractivity contribution in [2.45, 2.75) is 0 Å². The maximum atomic E-state index is 4.31. The number of nitrogens with one attached hydrogen (secondary N) is 1. The first kappa shape index (κ1) is 10.9. The molecule has 1 aliphatic heterocycles. The van der Waals surface area contributed by atoms with Crippen LogP contribution in [0.25, 0.3) is 23.1 Å². The molecule has 20 heavy (non-hydrogen) atoms. The first-order valence-corrected chi connectivity index (χ1v) is 6.30. The van der Waals surface area contributed by atoms with Gasteiger partial charge in [-0.3, -0.25) is 4.57 Å². The van der Waals surface area contributed by atoms with Gasteiger partial charge in [0.05, 0.1) is 6.20 Å². The van der Waals surface area contributed by atoms with Crippen molar-refractivity contribution in [1.29, 1.82) is 0 Å². The SMILES string of the molecule is C1=Cc2ccccc2NC(n2cnc3cncnc32)=C1. The molecule has 0 amide bonds. The van der Waals surface area contributed by atoms with E-state index in [0.29, 0.717) is 0 Å². The highest BCUT2D eigenvalue weighted by Crippen LogP contribution is 2.24. The maximum absolute atomic E-state index is 4.31. The molecular weight excluding hydrogens is 250 g/mol. The van der Waals surface area contributed by atoms with E-state index in [-0.39, 0.29) is 0 Å². The number of imidazole rings is 1. The van der Waals surface area contributed by atoms with Gasteiger partial charge < -0.3 is 5.32 Å². The van der Waals surface area contributed by atoms with E-state index in [1.807, 2.05) is 34.9 Å². The van der Waals surface area contributed by atoms with Gasteiger partial charge in [-0.25, -0.2) is 15.0 Å². The Morgan fingerprint density at radius 3 is 3.05 bits per heavy atom. The highest BCUT2D eigenvalue weighted by atomic mass is 15.2. The van der Waals surface area contributed by atoms with Crippen molar-refractivity contribution in [3.63, 3.8) is 0 Å². The number of aromatic nitrogens is 4. The summed E-state index contributed by atoms with van der Waals surface area (Å²) in [5.41, 5.74) is 3.77. The molecule has 2 aromatic heterocycles. The summed E-state index contributed by atoms with van der Waals surface area (Å²) in [5, 5.41) is 3.42. The van der Waals surface area contributed by atoms with Gasteiger partial charge in [0.25, 0.3) is 0 Å². The number of hydrogen-bond acceptors (Lipinski definition) is 4. The first-order valence-electron chi connectivity index (χ1n) is 6.30. The molecule has 0 saturated carbocycles. The minimum Gasteiger partial charge on any atom is -0.341 e. The fraction of sp³-hybridized carbons (Fsp3) is 0. The molecule has 1 aromatic carbocycles. The monoisotopic (exact) mass is 261 g/mol. The molecule has 3 aromatic rings. The average molecular weight is 261 g/mol. The zero-order valence-electron chi connectivity index (χ0n) is 10.6. The molecule has 3 heterocycles. The fourth-order valence-corrected chi connectivity index (χ4v) is 2.26. The molecule has 4 rings (SSSR count). The molecule has 5 nitrogen and oxygen atoms in total. The molecule has 0 saturated heterocycles. The van der Waals surface area contributed by atoms with E-state index >= 15 is 0 Å². The van der Waals surface area contributed by atoms with Gasteiger partial charge in [-0.15, -0.1) is 0 Å². The van der Waals surface area contributed by atoms with Crippen LogP contribution in [0.1, 0.15) is 5.56 Å². The Labute approximate surface area is 115 Å². The van der Waals surface area contributed by atoms with E-state index in [1.165, 1.54) is 6.33 Å². The summed E-state index contributed by atoms with van der Waals surface area (Å²) in [6.45, 7) is 0. The number of benzene rings is 1. The van der Waals surface area contributed by atoms with Crippen LogP contribution < -0.4 is 5.32 Å². The van der Waals surface area contributed by atoms with Gasteiger partial charge in [0.2, 0.25) is 0 Å². The highest BCUT2D eigenvalue weighted by molar-refractivity contribution is 5.82. The normalized spacial score (nSPS) is 13.5. The molecule has 0 atom stereocenters. The van der Waals surface area contributed by atoms with E-state index in [1.54, 1.807) is 12.5 Å². The van der Waals surface area contributed by atoms with E-state index in [4.69, 9.17) is 0 Å². The van der Waals surface area contributed by atoms with E-state index in [2.05, 4.69) is 32.4 Å². The van der Waals surface area contributed by atoms with Gasteiger partial charge in [0, 0.05) is 5.69 Å². The third kappa shape index (κ3) is 1.68. The predicted octanol–water partition coefficient (Wildman–Crippen LogP) is 2.76. The Hall–Kier alpha value is -2.95. The Morgan fingerprint density at radius 1 is 1.10 bits per heavy atom. The Bertz CT molecular complexity index is 844. The summed E-state index contributed by atoms with van der Waals surface area (Å²) < 4.78 is 1.92. The van der Waals surface area contributed by atoms with Crippen LogP contribution in [0.4, 0.5) is 5.69 Å². The van der Waals surface area contributed by atoms with Crippen LogP contribution in [-0.4, -0.2) is 19.5 Å². The molecule has 1 aliphatic rings. The molecular formula is C15H11N5. The molecule has 96 valence electrons. The fourth-order valence-electron chi connectivity index (χ4n) is 2.26. The zero-order valence-corrected chi connectivity index (χ0v) is 10.6. The van der Waals surface area contributed by atoms with Crippen molar-refractivity contribution in [3.8, 4) is 0 Å². The van der Waals surface area contributed by atoms with Gasteiger partial charge >= 0.3 is 0 Å². The van der Waals surface area contributed by atoms with E-state index in [9.17, 15) is 0 Å². The predicted molar refractivity (Wildman–Crippen MR) is 78.7 cm³/mol. The third-order valence-corrected chi connectivity index (χ3v) is 3.23. The quantitative estimate of drug-likeness (QED) is 0.731. The van der Waals surface area contributed by atoms with Crippen molar-refractivity contribution in [3.05, 3.63) is 60.8 Å². The van der Waals surface area contributed by atoms with Crippen LogP contribution in [0.5, 0.6) is 0 Å². The number of nitrogens with zero attached hydrogens (tertiary/aromatic N) is 4. The minimum absolute atomic E-state index is 0.775. The lowest BCUT2D eigenvalue weighted by molar-refractivity contribution is 1.08. The van der Waals surface area contributed by atoms with E-state index < -0.39 is 0 Å². The number of fused-ring (bicyclic) bond motifs is 2. The summed E-state index contributed by atoms with van der Waals surface area (Å²) in [6, 6.07) is 8.16. The van der Waals surface area contributed by atoms with Crippen LogP contribution in [0, 0.1) is 0 Å². The largest absolute Gasteiger partial charge is 0.341 e. The second-order valence-electron chi connectivity index (χ2n) is 4.47. The molecule has 0 unspecified atom stereocenters. The zero-order chi connectivity index (χ0) is 13.4. The summed E-state index contributed by atoms with van der Waals surface area (Å²) in [4.78, 5) is 12.6.